The van der Waals surface area contributed by atoms with Crippen molar-refractivity contribution in [2.75, 3.05) is 26.3 Å². The van der Waals surface area contributed by atoms with Crippen LogP contribution in [0.2, 0.25) is 0 Å². The minimum absolute atomic E-state index is 0.341. The molecule has 1 saturated heterocycles. The van der Waals surface area contributed by atoms with Gasteiger partial charge in [-0.2, -0.15) is 0 Å². The highest BCUT2D eigenvalue weighted by molar-refractivity contribution is 5.21. The molecule has 2 heterocycles. The number of aliphatic hydroxyl groups excluding tert-OH is 1. The maximum absolute atomic E-state index is 14.0. The number of halogens is 1. The van der Waals surface area contributed by atoms with Crippen LogP contribution in [0.25, 0.3) is 0 Å². The number of rotatable bonds is 3. The van der Waals surface area contributed by atoms with Gasteiger partial charge in [-0.1, -0.05) is 12.8 Å². The van der Waals surface area contributed by atoms with E-state index in [-0.39, 0.29) is 5.54 Å². The summed E-state index contributed by atoms with van der Waals surface area (Å²) in [5.41, 5.74) is 0.0276. The van der Waals surface area contributed by atoms with Crippen molar-refractivity contribution in [3.05, 3.63) is 29.8 Å². The third-order valence-electron chi connectivity index (χ3n) is 4.72. The number of aliphatic hydroxyl groups is 1. The fourth-order valence-electron chi connectivity index (χ4n) is 3.66. The summed E-state index contributed by atoms with van der Waals surface area (Å²) in [6.45, 7) is 2.99. The monoisotopic (exact) mass is 280 g/mol. The lowest BCUT2D eigenvalue weighted by atomic mass is 9.84. The normalized spacial score (nSPS) is 24.7. The summed E-state index contributed by atoms with van der Waals surface area (Å²) < 4.78 is 19.4. The van der Waals surface area contributed by atoms with Crippen molar-refractivity contribution in [1.29, 1.82) is 0 Å². The number of ether oxygens (including phenoxy) is 1. The highest BCUT2D eigenvalue weighted by Crippen LogP contribution is 2.45. The summed E-state index contributed by atoms with van der Waals surface area (Å²) in [5.74, 6) is -0.417. The van der Waals surface area contributed by atoms with E-state index in [2.05, 4.69) is 9.88 Å². The summed E-state index contributed by atoms with van der Waals surface area (Å²) in [7, 11) is 0. The number of aromatic nitrogens is 1. The van der Waals surface area contributed by atoms with Gasteiger partial charge in [0.2, 0.25) is 0 Å². The van der Waals surface area contributed by atoms with Crippen LogP contribution in [-0.4, -0.2) is 46.8 Å². The Hall–Kier alpha value is -1.04. The van der Waals surface area contributed by atoms with Crippen LogP contribution in [0.5, 0.6) is 0 Å². The van der Waals surface area contributed by atoms with E-state index < -0.39 is 11.9 Å². The van der Waals surface area contributed by atoms with E-state index in [4.69, 9.17) is 4.74 Å². The molecule has 110 valence electrons. The Kier molecular flexibility index (Phi) is 4.01. The summed E-state index contributed by atoms with van der Waals surface area (Å²) in [6.07, 6.45) is 5.92. The van der Waals surface area contributed by atoms with E-state index in [1.165, 1.54) is 6.20 Å². The van der Waals surface area contributed by atoms with Crippen molar-refractivity contribution in [3.63, 3.8) is 0 Å². The van der Waals surface area contributed by atoms with Gasteiger partial charge in [0.05, 0.1) is 24.9 Å². The van der Waals surface area contributed by atoms with Gasteiger partial charge in [-0.25, -0.2) is 4.39 Å². The fraction of sp³-hybridized carbons (Fsp3) is 0.667. The Morgan fingerprint density at radius 2 is 2.00 bits per heavy atom. The molecule has 3 rings (SSSR count). The first-order chi connectivity index (χ1) is 9.74. The van der Waals surface area contributed by atoms with Crippen LogP contribution in [0.3, 0.4) is 0 Å². The lowest BCUT2D eigenvalue weighted by Gasteiger charge is -2.46. The molecule has 1 saturated carbocycles. The zero-order chi connectivity index (χ0) is 14.0. The van der Waals surface area contributed by atoms with Gasteiger partial charge in [0, 0.05) is 24.8 Å². The van der Waals surface area contributed by atoms with Gasteiger partial charge >= 0.3 is 0 Å². The third-order valence-corrected chi connectivity index (χ3v) is 4.72. The number of pyridine rings is 1. The van der Waals surface area contributed by atoms with Gasteiger partial charge in [-0.05, 0) is 18.9 Å². The van der Waals surface area contributed by atoms with Crippen LogP contribution in [-0.2, 0) is 4.74 Å². The first-order valence-corrected chi connectivity index (χ1v) is 7.34. The molecule has 2 fully saturated rings. The van der Waals surface area contributed by atoms with Gasteiger partial charge in [0.25, 0.3) is 0 Å². The Labute approximate surface area is 118 Å². The maximum atomic E-state index is 14.0. The van der Waals surface area contributed by atoms with Crippen LogP contribution in [0.1, 0.15) is 37.4 Å². The largest absolute Gasteiger partial charge is 0.386 e. The van der Waals surface area contributed by atoms with E-state index in [1.54, 1.807) is 12.3 Å². The molecule has 1 N–H and O–H groups in total. The topological polar surface area (TPSA) is 45.6 Å². The third kappa shape index (κ3) is 2.34. The predicted octanol–water partition coefficient (Wildman–Crippen LogP) is 1.90. The molecule has 20 heavy (non-hydrogen) atoms. The molecular weight excluding hydrogens is 259 g/mol. The second-order valence-corrected chi connectivity index (χ2v) is 5.71. The molecular formula is C15H21FN2O2. The van der Waals surface area contributed by atoms with Gasteiger partial charge in [0.15, 0.2) is 0 Å². The zero-order valence-electron chi connectivity index (χ0n) is 11.6. The molecule has 1 aliphatic heterocycles. The Balaban J connectivity index is 1.91. The average molecular weight is 280 g/mol. The lowest BCUT2D eigenvalue weighted by Crippen LogP contribution is -2.55. The van der Waals surface area contributed by atoms with Crippen molar-refractivity contribution in [1.82, 2.24) is 9.88 Å². The van der Waals surface area contributed by atoms with Crippen LogP contribution in [0.4, 0.5) is 4.39 Å². The second-order valence-electron chi connectivity index (χ2n) is 5.71. The van der Waals surface area contributed by atoms with Gasteiger partial charge < -0.3 is 9.84 Å². The van der Waals surface area contributed by atoms with Crippen molar-refractivity contribution >= 4 is 0 Å². The molecule has 0 spiro atoms. The fourth-order valence-corrected chi connectivity index (χ4v) is 3.66. The Morgan fingerprint density at radius 3 is 2.65 bits per heavy atom. The highest BCUT2D eigenvalue weighted by Gasteiger charge is 2.47. The summed E-state index contributed by atoms with van der Waals surface area (Å²) in [4.78, 5) is 6.07. The summed E-state index contributed by atoms with van der Waals surface area (Å²) in [6, 6.07) is 1.60. The number of nitrogens with zero attached hydrogens (tertiary/aromatic N) is 2. The molecule has 0 aromatic carbocycles. The molecule has 4 nitrogen and oxygen atoms in total. The Bertz CT molecular complexity index is 457. The SMILES string of the molecule is OC(c1ccncc1F)C1(N2CCOCC2)CCCC1. The van der Waals surface area contributed by atoms with E-state index >= 15 is 0 Å². The van der Waals surface area contributed by atoms with Crippen molar-refractivity contribution in [2.24, 2.45) is 0 Å². The van der Waals surface area contributed by atoms with Crippen molar-refractivity contribution in [3.8, 4) is 0 Å². The number of hydrogen-bond acceptors (Lipinski definition) is 4. The highest BCUT2D eigenvalue weighted by atomic mass is 19.1. The molecule has 1 aromatic rings. The number of hydrogen-bond donors (Lipinski definition) is 1. The van der Waals surface area contributed by atoms with Gasteiger partial charge in [-0.15, -0.1) is 0 Å². The van der Waals surface area contributed by atoms with Gasteiger partial charge in [-0.3, -0.25) is 9.88 Å². The van der Waals surface area contributed by atoms with Crippen LogP contribution >= 0.6 is 0 Å². The summed E-state index contributed by atoms with van der Waals surface area (Å²) >= 11 is 0. The molecule has 0 radical (unpaired) electrons. The van der Waals surface area contributed by atoms with E-state index in [1.807, 2.05) is 0 Å². The molecule has 1 aromatic heterocycles. The van der Waals surface area contributed by atoms with E-state index in [0.717, 1.165) is 38.8 Å². The van der Waals surface area contributed by atoms with E-state index in [9.17, 15) is 9.50 Å². The van der Waals surface area contributed by atoms with Gasteiger partial charge in [0.1, 0.15) is 11.9 Å². The maximum Gasteiger partial charge on any atom is 0.147 e. The average Bonchev–Trinajstić information content (AvgIpc) is 2.99. The first-order valence-electron chi connectivity index (χ1n) is 7.34. The molecule has 2 aliphatic rings. The Morgan fingerprint density at radius 1 is 1.30 bits per heavy atom. The predicted molar refractivity (Wildman–Crippen MR) is 72.7 cm³/mol. The standard InChI is InChI=1S/C15H21FN2O2/c16-13-11-17-6-3-12(13)14(19)15(4-1-2-5-15)18-7-9-20-10-8-18/h3,6,11,14,19H,1-2,4-5,7-10H2. The summed E-state index contributed by atoms with van der Waals surface area (Å²) in [5, 5.41) is 10.9. The van der Waals surface area contributed by atoms with Crippen LogP contribution < -0.4 is 0 Å². The van der Waals surface area contributed by atoms with E-state index in [0.29, 0.717) is 18.8 Å². The molecule has 0 bridgehead atoms. The minimum atomic E-state index is -0.800. The smallest absolute Gasteiger partial charge is 0.147 e. The molecule has 5 heteroatoms. The molecule has 0 amide bonds. The minimum Gasteiger partial charge on any atom is -0.386 e. The van der Waals surface area contributed by atoms with Crippen molar-refractivity contribution in [2.45, 2.75) is 37.3 Å². The van der Waals surface area contributed by atoms with Crippen LogP contribution in [0, 0.1) is 5.82 Å². The van der Waals surface area contributed by atoms with Crippen molar-refractivity contribution < 1.29 is 14.2 Å². The first kappa shape index (κ1) is 13.9. The quantitative estimate of drug-likeness (QED) is 0.918. The second kappa shape index (κ2) is 5.76. The lowest BCUT2D eigenvalue weighted by molar-refractivity contribution is -0.0783. The molecule has 1 unspecified atom stereocenters. The zero-order valence-corrected chi connectivity index (χ0v) is 11.6. The number of morpholine rings is 1. The van der Waals surface area contributed by atoms with Crippen LogP contribution in [0.15, 0.2) is 18.5 Å². The molecule has 1 atom stereocenters. The molecule has 1 aliphatic carbocycles.